The second kappa shape index (κ2) is 12.7. The van der Waals surface area contributed by atoms with Crippen molar-refractivity contribution in [2.75, 3.05) is 18.0 Å². The first-order valence-electron chi connectivity index (χ1n) is 12.4. The normalized spacial score (nSPS) is 12.4. The highest BCUT2D eigenvalue weighted by Crippen LogP contribution is 2.27. The Hall–Kier alpha value is -3.37. The molecule has 0 bridgehead atoms. The van der Waals surface area contributed by atoms with Crippen molar-refractivity contribution in [2.45, 2.75) is 50.7 Å². The maximum atomic E-state index is 13.9. The first-order valence-corrected chi connectivity index (χ1v) is 14.6. The van der Waals surface area contributed by atoms with Crippen molar-refractivity contribution in [3.8, 4) is 5.75 Å². The van der Waals surface area contributed by atoms with Crippen molar-refractivity contribution in [2.24, 2.45) is 0 Å². The Balaban J connectivity index is 2.02. The summed E-state index contributed by atoms with van der Waals surface area (Å²) in [7, 11) is -2.55. The van der Waals surface area contributed by atoms with Gasteiger partial charge in [0, 0.05) is 16.6 Å². The highest BCUT2D eigenvalue weighted by atomic mass is 79.9. The maximum Gasteiger partial charge on any atom is 0.264 e. The first kappa shape index (κ1) is 30.2. The van der Waals surface area contributed by atoms with E-state index in [1.165, 1.54) is 17.0 Å². The summed E-state index contributed by atoms with van der Waals surface area (Å²) in [6, 6.07) is 21.0. The minimum Gasteiger partial charge on any atom is -0.497 e. The maximum absolute atomic E-state index is 13.9. The summed E-state index contributed by atoms with van der Waals surface area (Å²) in [5.41, 5.74) is 0.566. The van der Waals surface area contributed by atoms with Crippen LogP contribution in [0.25, 0.3) is 0 Å². The summed E-state index contributed by atoms with van der Waals surface area (Å²) < 4.78 is 34.5. The molecule has 0 aliphatic carbocycles. The molecule has 10 heteroatoms. The average molecular weight is 617 g/mol. The SMILES string of the molecule is COc1ccc(CN(C(=O)CN(c2cccc(Br)c2)S(=O)(=O)c2ccccc2)[C@@H](C)C(=O)NC(C)(C)C)cc1. The highest BCUT2D eigenvalue weighted by molar-refractivity contribution is 9.10. The molecule has 0 heterocycles. The van der Waals surface area contributed by atoms with Crippen molar-refractivity contribution in [1.82, 2.24) is 10.2 Å². The van der Waals surface area contributed by atoms with Crippen molar-refractivity contribution in [3.63, 3.8) is 0 Å². The lowest BCUT2D eigenvalue weighted by Crippen LogP contribution is -2.54. The molecule has 39 heavy (non-hydrogen) atoms. The van der Waals surface area contributed by atoms with Crippen LogP contribution in [0, 0.1) is 0 Å². The number of hydrogen-bond donors (Lipinski definition) is 1. The van der Waals surface area contributed by atoms with E-state index in [0.717, 1.165) is 9.87 Å². The molecule has 1 N–H and O–H groups in total. The van der Waals surface area contributed by atoms with Crippen LogP contribution in [0.15, 0.2) is 88.2 Å². The fourth-order valence-electron chi connectivity index (χ4n) is 3.86. The van der Waals surface area contributed by atoms with Gasteiger partial charge in [0.15, 0.2) is 0 Å². The smallest absolute Gasteiger partial charge is 0.264 e. The van der Waals surface area contributed by atoms with Crippen LogP contribution in [-0.4, -0.2) is 50.4 Å². The van der Waals surface area contributed by atoms with Gasteiger partial charge in [-0.3, -0.25) is 13.9 Å². The Bertz CT molecular complexity index is 1390. The van der Waals surface area contributed by atoms with Crippen LogP contribution in [0.2, 0.25) is 0 Å². The van der Waals surface area contributed by atoms with Crippen molar-refractivity contribution in [1.29, 1.82) is 0 Å². The standard InChI is InChI=1S/C29H34BrN3O5S/c1-21(28(35)31-29(2,3)4)32(19-22-14-16-25(38-5)17-15-22)27(34)20-33(24-11-9-10-23(30)18-24)39(36,37)26-12-7-6-8-13-26/h6-18,21H,19-20H2,1-5H3,(H,31,35)/t21-/m0/s1. The minimum absolute atomic E-state index is 0.0537. The number of halogens is 1. The molecule has 3 aromatic rings. The number of hydrogen-bond acceptors (Lipinski definition) is 5. The van der Waals surface area contributed by atoms with Crippen molar-refractivity contribution >= 4 is 43.5 Å². The molecule has 2 amide bonds. The summed E-state index contributed by atoms with van der Waals surface area (Å²) in [5.74, 6) is -0.212. The summed E-state index contributed by atoms with van der Waals surface area (Å²) in [4.78, 5) is 28.5. The molecule has 208 valence electrons. The van der Waals surface area contributed by atoms with Gasteiger partial charge in [-0.05, 0) is 75.7 Å². The lowest BCUT2D eigenvalue weighted by Gasteiger charge is -2.33. The van der Waals surface area contributed by atoms with Gasteiger partial charge in [-0.1, -0.05) is 52.3 Å². The fraction of sp³-hybridized carbons (Fsp3) is 0.310. The van der Waals surface area contributed by atoms with E-state index >= 15 is 0 Å². The molecule has 0 saturated heterocycles. The molecule has 0 radical (unpaired) electrons. The Labute approximate surface area is 239 Å². The van der Waals surface area contributed by atoms with E-state index in [9.17, 15) is 18.0 Å². The van der Waals surface area contributed by atoms with E-state index in [2.05, 4.69) is 21.2 Å². The lowest BCUT2D eigenvalue weighted by molar-refractivity contribution is -0.140. The Morgan fingerprint density at radius 3 is 2.18 bits per heavy atom. The molecule has 0 saturated carbocycles. The molecule has 0 unspecified atom stereocenters. The third kappa shape index (κ3) is 8.06. The van der Waals surface area contributed by atoms with Gasteiger partial charge in [0.1, 0.15) is 18.3 Å². The number of carbonyl (C=O) groups excluding carboxylic acids is 2. The van der Waals surface area contributed by atoms with Crippen molar-refractivity contribution in [3.05, 3.63) is 88.9 Å². The van der Waals surface area contributed by atoms with E-state index in [4.69, 9.17) is 4.74 Å². The molecule has 1 atom stereocenters. The number of benzene rings is 3. The predicted molar refractivity (Wildman–Crippen MR) is 156 cm³/mol. The zero-order chi connectivity index (χ0) is 28.8. The van der Waals surface area contributed by atoms with Crippen LogP contribution in [0.4, 0.5) is 5.69 Å². The summed E-state index contributed by atoms with van der Waals surface area (Å²) in [6.07, 6.45) is 0. The van der Waals surface area contributed by atoms with Gasteiger partial charge in [0.2, 0.25) is 11.8 Å². The fourth-order valence-corrected chi connectivity index (χ4v) is 5.68. The number of ether oxygens (including phenoxy) is 1. The molecule has 0 spiro atoms. The average Bonchev–Trinajstić information content (AvgIpc) is 2.89. The lowest BCUT2D eigenvalue weighted by atomic mass is 10.1. The first-order chi connectivity index (χ1) is 18.3. The summed E-state index contributed by atoms with van der Waals surface area (Å²) in [5, 5.41) is 2.92. The largest absolute Gasteiger partial charge is 0.497 e. The predicted octanol–water partition coefficient (Wildman–Crippen LogP) is 4.99. The van der Waals surface area contributed by atoms with Gasteiger partial charge < -0.3 is 15.0 Å². The van der Waals surface area contributed by atoms with Gasteiger partial charge >= 0.3 is 0 Å². The molecule has 8 nitrogen and oxygen atoms in total. The van der Waals surface area contributed by atoms with Crippen LogP contribution in [0.1, 0.15) is 33.3 Å². The number of nitrogens with one attached hydrogen (secondary N) is 1. The monoisotopic (exact) mass is 615 g/mol. The van der Waals surface area contributed by atoms with Crippen LogP contribution in [0.5, 0.6) is 5.75 Å². The van der Waals surface area contributed by atoms with Gasteiger partial charge in [0.25, 0.3) is 10.0 Å². The van der Waals surface area contributed by atoms with E-state index in [1.807, 2.05) is 20.8 Å². The molecule has 0 aliphatic rings. The Kier molecular flexibility index (Phi) is 9.79. The Morgan fingerprint density at radius 2 is 1.62 bits per heavy atom. The Morgan fingerprint density at radius 1 is 0.974 bits per heavy atom. The van der Waals surface area contributed by atoms with Gasteiger partial charge in [-0.2, -0.15) is 0 Å². The number of carbonyl (C=O) groups is 2. The zero-order valence-corrected chi connectivity index (χ0v) is 25.1. The van der Waals surface area contributed by atoms with Crippen LogP contribution in [0.3, 0.4) is 0 Å². The number of rotatable bonds is 10. The molecule has 3 aromatic carbocycles. The number of methoxy groups -OCH3 is 1. The van der Waals surface area contributed by atoms with Crippen molar-refractivity contribution < 1.29 is 22.7 Å². The van der Waals surface area contributed by atoms with Gasteiger partial charge in [-0.25, -0.2) is 8.42 Å². The van der Waals surface area contributed by atoms with Crippen LogP contribution >= 0.6 is 15.9 Å². The molecule has 0 aromatic heterocycles. The van der Waals surface area contributed by atoms with E-state index < -0.39 is 34.1 Å². The molecule has 0 fully saturated rings. The highest BCUT2D eigenvalue weighted by Gasteiger charge is 2.33. The number of amides is 2. The molecule has 0 aliphatic heterocycles. The van der Waals surface area contributed by atoms with Crippen LogP contribution in [-0.2, 0) is 26.2 Å². The number of nitrogens with zero attached hydrogens (tertiary/aromatic N) is 2. The second-order valence-electron chi connectivity index (χ2n) is 10.1. The van der Waals surface area contributed by atoms with Gasteiger partial charge in [-0.15, -0.1) is 0 Å². The molecular formula is C29H34BrN3O5S. The van der Waals surface area contributed by atoms with Crippen LogP contribution < -0.4 is 14.4 Å². The minimum atomic E-state index is -4.11. The molecular weight excluding hydrogens is 582 g/mol. The summed E-state index contributed by atoms with van der Waals surface area (Å²) in [6.45, 7) is 6.80. The van der Waals surface area contributed by atoms with E-state index in [1.54, 1.807) is 80.8 Å². The zero-order valence-electron chi connectivity index (χ0n) is 22.7. The van der Waals surface area contributed by atoms with Gasteiger partial charge in [0.05, 0.1) is 17.7 Å². The third-order valence-corrected chi connectivity index (χ3v) is 8.17. The van der Waals surface area contributed by atoms with E-state index in [0.29, 0.717) is 15.9 Å². The quantitative estimate of drug-likeness (QED) is 0.347. The number of anilines is 1. The number of sulfonamides is 1. The third-order valence-electron chi connectivity index (χ3n) is 5.88. The summed E-state index contributed by atoms with van der Waals surface area (Å²) >= 11 is 3.39. The van der Waals surface area contributed by atoms with E-state index in [-0.39, 0.29) is 17.3 Å². The second-order valence-corrected chi connectivity index (χ2v) is 12.9. The molecule has 3 rings (SSSR count). The topological polar surface area (TPSA) is 96.0 Å².